The van der Waals surface area contributed by atoms with Crippen molar-refractivity contribution in [1.82, 2.24) is 20.1 Å². The van der Waals surface area contributed by atoms with Crippen molar-refractivity contribution < 1.29 is 4.74 Å². The van der Waals surface area contributed by atoms with Crippen LogP contribution in [0.1, 0.15) is 48.2 Å². The van der Waals surface area contributed by atoms with Gasteiger partial charge in [-0.05, 0) is 44.4 Å². The summed E-state index contributed by atoms with van der Waals surface area (Å²) in [6, 6.07) is 4.27. The highest BCUT2D eigenvalue weighted by atomic mass is 16.5. The first kappa shape index (κ1) is 15.0. The van der Waals surface area contributed by atoms with Gasteiger partial charge in [-0.2, -0.15) is 5.10 Å². The molecule has 5 heteroatoms. The van der Waals surface area contributed by atoms with Crippen LogP contribution in [0.25, 0.3) is 0 Å². The minimum absolute atomic E-state index is 0.701. The van der Waals surface area contributed by atoms with E-state index < -0.39 is 0 Å². The third-order valence-electron chi connectivity index (χ3n) is 4.23. The average Bonchev–Trinajstić information content (AvgIpc) is 3.30. The van der Waals surface area contributed by atoms with Crippen molar-refractivity contribution in [3.63, 3.8) is 0 Å². The topological polar surface area (TPSA) is 52.0 Å². The number of hydrogen-bond acceptors (Lipinski definition) is 4. The number of aromatic nitrogens is 3. The molecule has 0 spiro atoms. The standard InChI is InChI=1S/C17H24N4O/c1-4-21-14(9-16(20-21)13-5-6-13)10-18-11-15-12(2)7-8-19-17(15)22-3/h7-9,13,18H,4-6,10-11H2,1-3H3. The maximum Gasteiger partial charge on any atom is 0.217 e. The van der Waals surface area contributed by atoms with Crippen molar-refractivity contribution in [1.29, 1.82) is 0 Å². The molecule has 1 aliphatic rings. The zero-order valence-electron chi connectivity index (χ0n) is 13.6. The average molecular weight is 300 g/mol. The van der Waals surface area contributed by atoms with Crippen LogP contribution in [-0.2, 0) is 19.6 Å². The maximum atomic E-state index is 5.35. The Morgan fingerprint density at radius 3 is 2.86 bits per heavy atom. The molecule has 0 bridgehead atoms. The fourth-order valence-electron chi connectivity index (χ4n) is 2.74. The Kier molecular flexibility index (Phi) is 4.43. The molecule has 22 heavy (non-hydrogen) atoms. The van der Waals surface area contributed by atoms with E-state index in [1.54, 1.807) is 13.3 Å². The van der Waals surface area contributed by atoms with Crippen LogP contribution in [-0.4, -0.2) is 21.9 Å². The van der Waals surface area contributed by atoms with Crippen molar-refractivity contribution in [3.05, 3.63) is 40.8 Å². The number of ether oxygens (including phenoxy) is 1. The lowest BCUT2D eigenvalue weighted by Crippen LogP contribution is -2.17. The molecule has 1 aliphatic carbocycles. The Morgan fingerprint density at radius 2 is 2.18 bits per heavy atom. The molecule has 2 heterocycles. The Balaban J connectivity index is 1.66. The van der Waals surface area contributed by atoms with E-state index in [-0.39, 0.29) is 0 Å². The molecule has 0 radical (unpaired) electrons. The molecule has 0 unspecified atom stereocenters. The molecule has 0 amide bonds. The normalized spacial score (nSPS) is 14.3. The first-order chi connectivity index (χ1) is 10.7. The second kappa shape index (κ2) is 6.48. The second-order valence-corrected chi connectivity index (χ2v) is 5.87. The molecule has 0 saturated heterocycles. The molecule has 3 rings (SSSR count). The summed E-state index contributed by atoms with van der Waals surface area (Å²) in [6.07, 6.45) is 4.37. The number of aryl methyl sites for hydroxylation is 2. The van der Waals surface area contributed by atoms with Crippen LogP contribution in [0, 0.1) is 6.92 Å². The van der Waals surface area contributed by atoms with Gasteiger partial charge in [0.25, 0.3) is 0 Å². The van der Waals surface area contributed by atoms with Gasteiger partial charge in [-0.15, -0.1) is 0 Å². The lowest BCUT2D eigenvalue weighted by atomic mass is 10.1. The molecule has 5 nitrogen and oxygen atoms in total. The summed E-state index contributed by atoms with van der Waals surface area (Å²) >= 11 is 0. The zero-order chi connectivity index (χ0) is 15.5. The lowest BCUT2D eigenvalue weighted by molar-refractivity contribution is 0.389. The number of nitrogens with one attached hydrogen (secondary N) is 1. The number of pyridine rings is 1. The minimum Gasteiger partial charge on any atom is -0.481 e. The highest BCUT2D eigenvalue weighted by Gasteiger charge is 2.26. The van der Waals surface area contributed by atoms with E-state index in [0.29, 0.717) is 11.8 Å². The van der Waals surface area contributed by atoms with E-state index in [9.17, 15) is 0 Å². The summed E-state index contributed by atoms with van der Waals surface area (Å²) in [7, 11) is 1.67. The first-order valence-electron chi connectivity index (χ1n) is 7.98. The molecule has 1 fully saturated rings. The predicted molar refractivity (Wildman–Crippen MR) is 85.9 cm³/mol. The van der Waals surface area contributed by atoms with Crippen molar-refractivity contribution in [2.45, 2.75) is 52.2 Å². The SMILES string of the molecule is CCn1nc(C2CC2)cc1CNCc1c(C)ccnc1OC. The molecule has 118 valence electrons. The van der Waals surface area contributed by atoms with Crippen molar-refractivity contribution in [2.75, 3.05) is 7.11 Å². The molecule has 2 aromatic heterocycles. The minimum atomic E-state index is 0.701. The second-order valence-electron chi connectivity index (χ2n) is 5.87. The summed E-state index contributed by atoms with van der Waals surface area (Å²) in [5.41, 5.74) is 4.83. The number of hydrogen-bond donors (Lipinski definition) is 1. The number of methoxy groups -OCH3 is 1. The van der Waals surface area contributed by atoms with Gasteiger partial charge in [0.1, 0.15) is 0 Å². The predicted octanol–water partition coefficient (Wildman–Crippen LogP) is 2.78. The highest BCUT2D eigenvalue weighted by Crippen LogP contribution is 2.39. The van der Waals surface area contributed by atoms with Gasteiger partial charge in [-0.25, -0.2) is 4.98 Å². The van der Waals surface area contributed by atoms with E-state index in [1.165, 1.54) is 29.8 Å². The largest absolute Gasteiger partial charge is 0.481 e. The van der Waals surface area contributed by atoms with Gasteiger partial charge in [-0.3, -0.25) is 4.68 Å². The van der Waals surface area contributed by atoms with E-state index in [4.69, 9.17) is 9.84 Å². The quantitative estimate of drug-likeness (QED) is 0.854. The van der Waals surface area contributed by atoms with Crippen molar-refractivity contribution >= 4 is 0 Å². The smallest absolute Gasteiger partial charge is 0.217 e. The van der Waals surface area contributed by atoms with Gasteiger partial charge in [0.05, 0.1) is 18.5 Å². The summed E-state index contributed by atoms with van der Waals surface area (Å²) in [6.45, 7) is 6.70. The van der Waals surface area contributed by atoms with Crippen LogP contribution < -0.4 is 10.1 Å². The van der Waals surface area contributed by atoms with Crippen LogP contribution >= 0.6 is 0 Å². The number of nitrogens with zero attached hydrogens (tertiary/aromatic N) is 3. The molecule has 0 aromatic carbocycles. The maximum absolute atomic E-state index is 5.35. The molecule has 2 aromatic rings. The summed E-state index contributed by atoms with van der Waals surface area (Å²) < 4.78 is 7.45. The molecule has 0 aliphatic heterocycles. The summed E-state index contributed by atoms with van der Waals surface area (Å²) in [5, 5.41) is 8.21. The zero-order valence-corrected chi connectivity index (χ0v) is 13.6. The Morgan fingerprint density at radius 1 is 1.36 bits per heavy atom. The Bertz CT molecular complexity index is 646. The van der Waals surface area contributed by atoms with E-state index in [0.717, 1.165) is 25.2 Å². The lowest BCUT2D eigenvalue weighted by Gasteiger charge is -2.11. The fraction of sp³-hybridized carbons (Fsp3) is 0.529. The van der Waals surface area contributed by atoms with Gasteiger partial charge in [0, 0.05) is 37.3 Å². The molecular weight excluding hydrogens is 276 g/mol. The molecular formula is C17H24N4O. The third-order valence-corrected chi connectivity index (χ3v) is 4.23. The molecule has 1 saturated carbocycles. The van der Waals surface area contributed by atoms with E-state index in [1.807, 2.05) is 6.07 Å². The van der Waals surface area contributed by atoms with Crippen LogP contribution in [0.15, 0.2) is 18.3 Å². The van der Waals surface area contributed by atoms with Crippen molar-refractivity contribution in [3.8, 4) is 5.88 Å². The van der Waals surface area contributed by atoms with Crippen LogP contribution in [0.2, 0.25) is 0 Å². The first-order valence-corrected chi connectivity index (χ1v) is 7.98. The monoisotopic (exact) mass is 300 g/mol. The Labute approximate surface area is 131 Å². The van der Waals surface area contributed by atoms with E-state index in [2.05, 4.69) is 34.9 Å². The van der Waals surface area contributed by atoms with Gasteiger partial charge >= 0.3 is 0 Å². The van der Waals surface area contributed by atoms with Crippen molar-refractivity contribution in [2.24, 2.45) is 0 Å². The number of rotatable bonds is 7. The van der Waals surface area contributed by atoms with Gasteiger partial charge < -0.3 is 10.1 Å². The highest BCUT2D eigenvalue weighted by molar-refractivity contribution is 5.33. The van der Waals surface area contributed by atoms with Gasteiger partial charge in [-0.1, -0.05) is 0 Å². The van der Waals surface area contributed by atoms with E-state index >= 15 is 0 Å². The van der Waals surface area contributed by atoms with Gasteiger partial charge in [0.2, 0.25) is 5.88 Å². The summed E-state index contributed by atoms with van der Waals surface area (Å²) in [5.74, 6) is 1.40. The summed E-state index contributed by atoms with van der Waals surface area (Å²) in [4.78, 5) is 4.27. The van der Waals surface area contributed by atoms with Crippen LogP contribution in [0.5, 0.6) is 5.88 Å². The third kappa shape index (κ3) is 3.14. The Hall–Kier alpha value is -1.88. The molecule has 1 N–H and O–H groups in total. The fourth-order valence-corrected chi connectivity index (χ4v) is 2.74. The molecule has 0 atom stereocenters. The van der Waals surface area contributed by atoms with Crippen LogP contribution in [0.4, 0.5) is 0 Å². The van der Waals surface area contributed by atoms with Crippen LogP contribution in [0.3, 0.4) is 0 Å². The van der Waals surface area contributed by atoms with Gasteiger partial charge in [0.15, 0.2) is 0 Å².